The van der Waals surface area contributed by atoms with Gasteiger partial charge in [-0.3, -0.25) is 19.3 Å². The maximum absolute atomic E-state index is 12.6. The second kappa shape index (κ2) is 8.95. The summed E-state index contributed by atoms with van der Waals surface area (Å²) >= 11 is 2.36. The van der Waals surface area contributed by atoms with Gasteiger partial charge in [0, 0.05) is 11.5 Å². The van der Waals surface area contributed by atoms with E-state index in [1.807, 2.05) is 0 Å². The number of hydrogen-bond acceptors (Lipinski definition) is 12. The summed E-state index contributed by atoms with van der Waals surface area (Å²) in [6.07, 6.45) is 0.837. The van der Waals surface area contributed by atoms with Crippen LogP contribution in [-0.4, -0.2) is 92.2 Å². The Bertz CT molecular complexity index is 1100. The molecule has 1 unspecified atom stereocenters. The molecule has 0 aliphatic carbocycles. The second-order valence-corrected chi connectivity index (χ2v) is 8.57. The third-order valence-corrected chi connectivity index (χ3v) is 6.63. The molecule has 168 valence electrons. The quantitative estimate of drug-likeness (QED) is 0.267. The number of carboxylic acid groups (broad SMARTS) is 2. The second-order valence-electron chi connectivity index (χ2n) is 6.54. The molecule has 32 heavy (non-hydrogen) atoms. The number of rotatable bonds is 9. The van der Waals surface area contributed by atoms with E-state index in [4.69, 9.17) is 9.52 Å². The molecule has 17 heteroatoms. The highest BCUT2D eigenvalue weighted by molar-refractivity contribution is 8.01. The van der Waals surface area contributed by atoms with Gasteiger partial charge in [-0.15, -0.1) is 27.1 Å². The zero-order valence-corrected chi connectivity index (χ0v) is 17.6. The fraction of sp³-hybridized carbons (Fsp3) is 0.400. The van der Waals surface area contributed by atoms with E-state index >= 15 is 0 Å². The Balaban J connectivity index is 1.41. The van der Waals surface area contributed by atoms with Crippen LogP contribution in [0.1, 0.15) is 5.89 Å². The Kier molecular flexibility index (Phi) is 6.08. The van der Waals surface area contributed by atoms with Crippen LogP contribution in [0.2, 0.25) is 0 Å². The molecular formula is C15H14N8O7S2. The van der Waals surface area contributed by atoms with Gasteiger partial charge in [-0.25, -0.2) is 9.48 Å². The fourth-order valence-corrected chi connectivity index (χ4v) is 5.32. The van der Waals surface area contributed by atoms with E-state index in [-0.39, 0.29) is 29.1 Å². The predicted octanol–water partition coefficient (Wildman–Crippen LogP) is -1.79. The molecule has 0 saturated carbocycles. The summed E-state index contributed by atoms with van der Waals surface area (Å²) in [5, 5.41) is 38.3. The van der Waals surface area contributed by atoms with Crippen molar-refractivity contribution >= 4 is 47.3 Å². The Morgan fingerprint density at radius 2 is 2.12 bits per heavy atom. The highest BCUT2D eigenvalue weighted by atomic mass is 32.2. The number of tetrazole rings is 1. The Labute approximate surface area is 186 Å². The number of carbonyl (C=O) groups is 4. The average molecular weight is 482 g/mol. The van der Waals surface area contributed by atoms with Crippen LogP contribution < -0.4 is 5.32 Å². The summed E-state index contributed by atoms with van der Waals surface area (Å²) < 4.78 is 6.40. The van der Waals surface area contributed by atoms with Crippen LogP contribution in [0.25, 0.3) is 0 Å². The molecule has 2 aromatic rings. The number of nitrogens with one attached hydrogen (secondary N) is 1. The van der Waals surface area contributed by atoms with Crippen molar-refractivity contribution in [2.75, 3.05) is 11.5 Å². The van der Waals surface area contributed by atoms with Gasteiger partial charge in [-0.05, 0) is 16.0 Å². The van der Waals surface area contributed by atoms with Crippen LogP contribution in [0.4, 0.5) is 0 Å². The van der Waals surface area contributed by atoms with Gasteiger partial charge in [0.1, 0.15) is 36.4 Å². The number of aromatic nitrogens is 6. The topological polar surface area (TPSA) is 207 Å². The molecule has 15 nitrogen and oxygen atoms in total. The monoisotopic (exact) mass is 482 g/mol. The first-order valence-electron chi connectivity index (χ1n) is 8.90. The van der Waals surface area contributed by atoms with Crippen molar-refractivity contribution in [2.24, 2.45) is 0 Å². The zero-order chi connectivity index (χ0) is 22.8. The predicted molar refractivity (Wildman–Crippen MR) is 104 cm³/mol. The standard InChI is InChI=1S/C15H14N8O7S2/c24-7(2-22-5-16-20-21-22)17-10-12(27)23-11(14(28)29)6(3-31-13(10)23)4-32-15-19-18-8(30-15)1-9(25)26/h5,10,13H,1-4H2,(H,17,24)(H,25,26)(H,28,29)/t10?,13-/m0/s1. The van der Waals surface area contributed by atoms with Crippen LogP contribution in [0.15, 0.2) is 27.2 Å². The molecule has 2 aliphatic heterocycles. The molecule has 3 N–H and O–H groups in total. The molecule has 1 fully saturated rings. The Hall–Kier alpha value is -3.47. The summed E-state index contributed by atoms with van der Waals surface area (Å²) in [4.78, 5) is 48.5. The summed E-state index contributed by atoms with van der Waals surface area (Å²) in [5.41, 5.74) is 0.316. The first-order chi connectivity index (χ1) is 15.3. The first-order valence-corrected chi connectivity index (χ1v) is 10.9. The van der Waals surface area contributed by atoms with Crippen LogP contribution in [0.3, 0.4) is 0 Å². The molecule has 1 saturated heterocycles. The van der Waals surface area contributed by atoms with Crippen molar-refractivity contribution < 1.29 is 33.8 Å². The van der Waals surface area contributed by atoms with E-state index in [9.17, 15) is 24.3 Å². The van der Waals surface area contributed by atoms with Crippen molar-refractivity contribution in [2.45, 2.75) is 29.6 Å². The van der Waals surface area contributed by atoms with Crippen molar-refractivity contribution in [3.05, 3.63) is 23.5 Å². The lowest BCUT2D eigenvalue weighted by Gasteiger charge is -2.49. The van der Waals surface area contributed by atoms with E-state index in [1.165, 1.54) is 22.8 Å². The van der Waals surface area contributed by atoms with E-state index in [0.29, 0.717) is 11.3 Å². The van der Waals surface area contributed by atoms with Crippen molar-refractivity contribution in [1.82, 2.24) is 40.6 Å². The van der Waals surface area contributed by atoms with Crippen LogP contribution in [-0.2, 0) is 32.1 Å². The van der Waals surface area contributed by atoms with Crippen LogP contribution in [0, 0.1) is 0 Å². The molecule has 2 aliphatic rings. The van der Waals surface area contributed by atoms with Gasteiger partial charge in [-0.2, -0.15) is 0 Å². The molecule has 4 rings (SSSR count). The van der Waals surface area contributed by atoms with Gasteiger partial charge in [0.05, 0.1) is 0 Å². The normalized spacial score (nSPS) is 20.0. The Morgan fingerprint density at radius 3 is 2.81 bits per heavy atom. The number of thioether (sulfide) groups is 2. The van der Waals surface area contributed by atoms with Crippen LogP contribution in [0.5, 0.6) is 0 Å². The molecule has 0 bridgehead atoms. The fourth-order valence-electron chi connectivity index (χ4n) is 3.06. The number of amides is 2. The average Bonchev–Trinajstić information content (AvgIpc) is 3.41. The van der Waals surface area contributed by atoms with E-state index in [1.54, 1.807) is 0 Å². The number of nitrogens with zero attached hydrogens (tertiary/aromatic N) is 7. The molecule has 0 radical (unpaired) electrons. The smallest absolute Gasteiger partial charge is 0.352 e. The molecule has 2 atom stereocenters. The summed E-state index contributed by atoms with van der Waals surface area (Å²) in [7, 11) is 0. The number of hydrogen-bond donors (Lipinski definition) is 3. The maximum Gasteiger partial charge on any atom is 0.352 e. The van der Waals surface area contributed by atoms with Crippen LogP contribution >= 0.6 is 23.5 Å². The maximum atomic E-state index is 12.6. The van der Waals surface area contributed by atoms with Gasteiger partial charge >= 0.3 is 11.9 Å². The third kappa shape index (κ3) is 4.42. The minimum Gasteiger partial charge on any atom is -0.481 e. The number of aliphatic carboxylic acids is 2. The van der Waals surface area contributed by atoms with Gasteiger partial charge in [0.25, 0.3) is 11.1 Å². The largest absolute Gasteiger partial charge is 0.481 e. The molecular weight excluding hydrogens is 468 g/mol. The third-order valence-electron chi connectivity index (χ3n) is 4.38. The van der Waals surface area contributed by atoms with Crippen molar-refractivity contribution in [3.8, 4) is 0 Å². The summed E-state index contributed by atoms with van der Waals surface area (Å²) in [5.74, 6) is -3.01. The molecule has 4 heterocycles. The number of carboxylic acids is 2. The van der Waals surface area contributed by atoms with Crippen molar-refractivity contribution in [1.29, 1.82) is 0 Å². The molecule has 2 aromatic heterocycles. The minimum atomic E-state index is -1.27. The SMILES string of the molecule is O=C(O)Cc1nnc(SCC2=C(C(=O)O)N3C(=O)C(NC(=O)Cn4cnnn4)[C@@H]3SC2)o1. The van der Waals surface area contributed by atoms with E-state index in [2.05, 4.69) is 31.0 Å². The van der Waals surface area contributed by atoms with Gasteiger partial charge in [0.2, 0.25) is 11.8 Å². The number of fused-ring (bicyclic) bond motifs is 1. The molecule has 0 aromatic carbocycles. The Morgan fingerprint density at radius 1 is 1.31 bits per heavy atom. The van der Waals surface area contributed by atoms with E-state index in [0.717, 1.165) is 16.7 Å². The van der Waals surface area contributed by atoms with Gasteiger partial charge in [0.15, 0.2) is 0 Å². The van der Waals surface area contributed by atoms with Gasteiger partial charge < -0.3 is 19.9 Å². The summed E-state index contributed by atoms with van der Waals surface area (Å²) in [6.45, 7) is -0.175. The first kappa shape index (κ1) is 21.8. The zero-order valence-electron chi connectivity index (χ0n) is 15.9. The van der Waals surface area contributed by atoms with Gasteiger partial charge in [-0.1, -0.05) is 11.8 Å². The lowest BCUT2D eigenvalue weighted by atomic mass is 10.0. The van der Waals surface area contributed by atoms with E-state index < -0.39 is 41.6 Å². The molecule has 2 amide bonds. The highest BCUT2D eigenvalue weighted by Gasteiger charge is 2.54. The lowest BCUT2D eigenvalue weighted by Crippen LogP contribution is -2.70. The number of carbonyl (C=O) groups excluding carboxylic acids is 2. The van der Waals surface area contributed by atoms with Crippen molar-refractivity contribution in [3.63, 3.8) is 0 Å². The summed E-state index contributed by atoms with van der Waals surface area (Å²) in [6, 6.07) is -0.859. The number of β-lactam (4-membered cyclic amide) rings is 1. The highest BCUT2D eigenvalue weighted by Crippen LogP contribution is 2.41. The molecule has 0 spiro atoms. The minimum absolute atomic E-state index is 0.0660. The lowest BCUT2D eigenvalue weighted by molar-refractivity contribution is -0.150.